The summed E-state index contributed by atoms with van der Waals surface area (Å²) in [6.07, 6.45) is 0. The number of rotatable bonds is 2. The van der Waals surface area contributed by atoms with E-state index in [1.165, 1.54) is 0 Å². The van der Waals surface area contributed by atoms with Gasteiger partial charge in [0.1, 0.15) is 0 Å². The fraction of sp³-hybridized carbons (Fsp3) is 0.875. The number of thioether (sulfide) groups is 1. The van der Waals surface area contributed by atoms with Crippen molar-refractivity contribution < 1.29 is 4.79 Å². The zero-order chi connectivity index (χ0) is 8.97. The van der Waals surface area contributed by atoms with Crippen LogP contribution in [0.5, 0.6) is 0 Å². The van der Waals surface area contributed by atoms with Gasteiger partial charge in [-0.25, -0.2) is 0 Å². The summed E-state index contributed by atoms with van der Waals surface area (Å²) < 4.78 is 0. The maximum Gasteiger partial charge on any atom is 0.239 e. The largest absolute Gasteiger partial charge is 0.340 e. The molecule has 0 saturated carbocycles. The molecule has 1 atom stereocenters. The lowest BCUT2D eigenvalue weighted by Crippen LogP contribution is -2.46. The molecule has 1 unspecified atom stereocenters. The van der Waals surface area contributed by atoms with Crippen molar-refractivity contribution in [1.82, 2.24) is 10.2 Å². The summed E-state index contributed by atoms with van der Waals surface area (Å²) in [5, 5.41) is 2.96. The Kier molecular flexibility index (Phi) is 3.88. The van der Waals surface area contributed by atoms with Crippen molar-refractivity contribution in [3.8, 4) is 0 Å². The molecule has 1 fully saturated rings. The maximum atomic E-state index is 11.6. The molecule has 1 saturated heterocycles. The van der Waals surface area contributed by atoms with E-state index >= 15 is 0 Å². The number of nitrogens with zero attached hydrogens (tertiary/aromatic N) is 1. The topological polar surface area (TPSA) is 32.3 Å². The van der Waals surface area contributed by atoms with Crippen molar-refractivity contribution in [1.29, 1.82) is 0 Å². The van der Waals surface area contributed by atoms with Crippen LogP contribution in [-0.4, -0.2) is 48.5 Å². The van der Waals surface area contributed by atoms with Gasteiger partial charge in [0.2, 0.25) is 5.91 Å². The third kappa shape index (κ3) is 2.38. The Morgan fingerprint density at radius 3 is 2.58 bits per heavy atom. The molecule has 0 spiro atoms. The van der Waals surface area contributed by atoms with Gasteiger partial charge in [-0.05, 0) is 14.0 Å². The highest BCUT2D eigenvalue weighted by atomic mass is 32.2. The third-order valence-electron chi connectivity index (χ3n) is 2.13. The Bertz CT molecular complexity index is 157. The number of nitrogens with one attached hydrogen (secondary N) is 1. The van der Waals surface area contributed by atoms with Gasteiger partial charge in [0.05, 0.1) is 6.04 Å². The first kappa shape index (κ1) is 9.86. The molecule has 0 aromatic rings. The van der Waals surface area contributed by atoms with Crippen LogP contribution >= 0.6 is 11.8 Å². The van der Waals surface area contributed by atoms with Crippen molar-refractivity contribution >= 4 is 17.7 Å². The predicted octanol–water partition coefficient (Wildman–Crippen LogP) is 0.170. The zero-order valence-corrected chi connectivity index (χ0v) is 8.49. The number of likely N-dealkylation sites (N-methyl/N-ethyl adjacent to an activating group) is 1. The molecule has 4 heteroatoms. The molecule has 1 rings (SSSR count). The van der Waals surface area contributed by atoms with Crippen molar-refractivity contribution in [3.63, 3.8) is 0 Å². The summed E-state index contributed by atoms with van der Waals surface area (Å²) in [5.74, 6) is 2.41. The van der Waals surface area contributed by atoms with E-state index in [-0.39, 0.29) is 11.9 Å². The number of hydrogen-bond acceptors (Lipinski definition) is 3. The summed E-state index contributed by atoms with van der Waals surface area (Å²) in [6, 6.07) is -0.0342. The lowest BCUT2D eigenvalue weighted by Gasteiger charge is -2.28. The first-order valence-electron chi connectivity index (χ1n) is 4.29. The van der Waals surface area contributed by atoms with Crippen LogP contribution in [0.3, 0.4) is 0 Å². The molecule has 0 aromatic carbocycles. The lowest BCUT2D eigenvalue weighted by molar-refractivity contribution is -0.132. The van der Waals surface area contributed by atoms with Gasteiger partial charge in [0.25, 0.3) is 0 Å². The maximum absolute atomic E-state index is 11.6. The molecule has 0 bridgehead atoms. The SMILES string of the molecule is CNC(C)C(=O)N1CCSCC1. The van der Waals surface area contributed by atoms with Crippen molar-refractivity contribution in [2.45, 2.75) is 13.0 Å². The minimum atomic E-state index is -0.0342. The minimum absolute atomic E-state index is 0.0342. The highest BCUT2D eigenvalue weighted by Gasteiger charge is 2.20. The fourth-order valence-electron chi connectivity index (χ4n) is 1.18. The van der Waals surface area contributed by atoms with Gasteiger partial charge < -0.3 is 10.2 Å². The van der Waals surface area contributed by atoms with Crippen LogP contribution in [0.1, 0.15) is 6.92 Å². The standard InChI is InChI=1S/C8H16N2OS/c1-7(9-2)8(11)10-3-5-12-6-4-10/h7,9H,3-6H2,1-2H3. The Labute approximate surface area is 77.9 Å². The zero-order valence-electron chi connectivity index (χ0n) is 7.67. The van der Waals surface area contributed by atoms with Crippen molar-refractivity contribution in [2.24, 2.45) is 0 Å². The van der Waals surface area contributed by atoms with Gasteiger partial charge in [-0.15, -0.1) is 0 Å². The Morgan fingerprint density at radius 1 is 1.50 bits per heavy atom. The van der Waals surface area contributed by atoms with Gasteiger partial charge in [-0.2, -0.15) is 11.8 Å². The lowest BCUT2D eigenvalue weighted by atomic mass is 10.3. The Balaban J connectivity index is 2.39. The number of carbonyl (C=O) groups excluding carboxylic acids is 1. The highest BCUT2D eigenvalue weighted by molar-refractivity contribution is 7.99. The van der Waals surface area contributed by atoms with Crippen molar-refractivity contribution in [3.05, 3.63) is 0 Å². The molecular weight excluding hydrogens is 172 g/mol. The second-order valence-electron chi connectivity index (χ2n) is 2.95. The highest BCUT2D eigenvalue weighted by Crippen LogP contribution is 2.09. The summed E-state index contributed by atoms with van der Waals surface area (Å²) in [7, 11) is 1.82. The van der Waals surface area contributed by atoms with Crippen LogP contribution in [0.25, 0.3) is 0 Å². The molecule has 1 N–H and O–H groups in total. The average Bonchev–Trinajstić information content (AvgIpc) is 2.17. The molecule has 3 nitrogen and oxygen atoms in total. The molecule has 70 valence electrons. The van der Waals surface area contributed by atoms with E-state index in [9.17, 15) is 4.79 Å². The molecule has 1 aliphatic rings. The third-order valence-corrected chi connectivity index (χ3v) is 3.07. The first-order chi connectivity index (χ1) is 5.75. The van der Waals surface area contributed by atoms with Crippen molar-refractivity contribution in [2.75, 3.05) is 31.6 Å². The fourth-order valence-corrected chi connectivity index (χ4v) is 2.08. The molecule has 12 heavy (non-hydrogen) atoms. The van der Waals surface area contributed by atoms with Crippen LogP contribution in [0.2, 0.25) is 0 Å². The molecule has 1 amide bonds. The monoisotopic (exact) mass is 188 g/mol. The van der Waals surface area contributed by atoms with Gasteiger partial charge in [0.15, 0.2) is 0 Å². The normalized spacial score (nSPS) is 20.7. The molecule has 0 radical (unpaired) electrons. The van der Waals surface area contributed by atoms with E-state index in [2.05, 4.69) is 5.32 Å². The van der Waals surface area contributed by atoms with Crippen LogP contribution in [0.4, 0.5) is 0 Å². The summed E-state index contributed by atoms with van der Waals surface area (Å²) in [5.41, 5.74) is 0. The summed E-state index contributed by atoms with van der Waals surface area (Å²) >= 11 is 1.92. The smallest absolute Gasteiger partial charge is 0.239 e. The van der Waals surface area contributed by atoms with Crippen LogP contribution in [-0.2, 0) is 4.79 Å². The summed E-state index contributed by atoms with van der Waals surface area (Å²) in [6.45, 7) is 3.73. The quantitative estimate of drug-likeness (QED) is 0.670. The van der Waals surface area contributed by atoms with Crippen LogP contribution in [0.15, 0.2) is 0 Å². The van der Waals surface area contributed by atoms with E-state index in [1.807, 2.05) is 30.6 Å². The molecule has 0 aliphatic carbocycles. The van der Waals surface area contributed by atoms with E-state index in [4.69, 9.17) is 0 Å². The van der Waals surface area contributed by atoms with Crippen LogP contribution in [0, 0.1) is 0 Å². The number of carbonyl (C=O) groups is 1. The van der Waals surface area contributed by atoms with Gasteiger partial charge in [0, 0.05) is 24.6 Å². The Morgan fingerprint density at radius 2 is 2.08 bits per heavy atom. The second-order valence-corrected chi connectivity index (χ2v) is 4.17. The average molecular weight is 188 g/mol. The molecule has 1 aliphatic heterocycles. The molecular formula is C8H16N2OS. The minimum Gasteiger partial charge on any atom is -0.340 e. The first-order valence-corrected chi connectivity index (χ1v) is 5.45. The van der Waals surface area contributed by atoms with Gasteiger partial charge in [-0.1, -0.05) is 0 Å². The second kappa shape index (κ2) is 4.72. The predicted molar refractivity (Wildman–Crippen MR) is 52.4 cm³/mol. The van der Waals surface area contributed by atoms with E-state index < -0.39 is 0 Å². The van der Waals surface area contributed by atoms with E-state index in [1.54, 1.807) is 0 Å². The van der Waals surface area contributed by atoms with E-state index in [0.717, 1.165) is 24.6 Å². The van der Waals surface area contributed by atoms with Gasteiger partial charge >= 0.3 is 0 Å². The number of amides is 1. The molecule has 0 aromatic heterocycles. The van der Waals surface area contributed by atoms with Gasteiger partial charge in [-0.3, -0.25) is 4.79 Å². The van der Waals surface area contributed by atoms with Crippen LogP contribution < -0.4 is 5.32 Å². The Hall–Kier alpha value is -0.220. The van der Waals surface area contributed by atoms with E-state index in [0.29, 0.717) is 0 Å². The molecule has 1 heterocycles. The number of hydrogen-bond donors (Lipinski definition) is 1. The summed E-state index contributed by atoms with van der Waals surface area (Å²) in [4.78, 5) is 13.5.